The standard InChI is InChI=1S/C7H12O3/c1-2-3-6-10-7(9)4-5-8/h2-3,8H,4-6H2,1H3. The van der Waals surface area contributed by atoms with Crippen LogP contribution in [-0.4, -0.2) is 24.3 Å². The quantitative estimate of drug-likeness (QED) is 0.461. The zero-order chi connectivity index (χ0) is 7.82. The summed E-state index contributed by atoms with van der Waals surface area (Å²) < 4.78 is 4.64. The van der Waals surface area contributed by atoms with Gasteiger partial charge in [-0.25, -0.2) is 0 Å². The fourth-order valence-corrected chi connectivity index (χ4v) is 0.401. The summed E-state index contributed by atoms with van der Waals surface area (Å²) in [6.45, 7) is 2.00. The lowest BCUT2D eigenvalue weighted by atomic mass is 10.5. The molecular formula is C7H12O3. The number of allylic oxidation sites excluding steroid dienone is 1. The third kappa shape index (κ3) is 5.31. The van der Waals surface area contributed by atoms with Crippen LogP contribution in [0.5, 0.6) is 0 Å². The minimum atomic E-state index is -0.361. The van der Waals surface area contributed by atoms with Gasteiger partial charge in [-0.3, -0.25) is 4.79 Å². The smallest absolute Gasteiger partial charge is 0.308 e. The summed E-state index contributed by atoms with van der Waals surface area (Å²) in [6, 6.07) is 0. The van der Waals surface area contributed by atoms with E-state index < -0.39 is 0 Å². The number of aliphatic hydroxyl groups is 1. The van der Waals surface area contributed by atoms with Gasteiger partial charge in [-0.2, -0.15) is 0 Å². The number of esters is 1. The van der Waals surface area contributed by atoms with Crippen LogP contribution in [-0.2, 0) is 9.53 Å². The van der Waals surface area contributed by atoms with Crippen molar-refractivity contribution >= 4 is 5.97 Å². The third-order valence-corrected chi connectivity index (χ3v) is 0.892. The van der Waals surface area contributed by atoms with Crippen molar-refractivity contribution in [3.05, 3.63) is 12.2 Å². The molecular weight excluding hydrogens is 132 g/mol. The Balaban J connectivity index is 3.21. The number of carbonyl (C=O) groups is 1. The van der Waals surface area contributed by atoms with Crippen molar-refractivity contribution in [2.45, 2.75) is 13.3 Å². The number of ether oxygens (including phenoxy) is 1. The van der Waals surface area contributed by atoms with Crippen LogP contribution >= 0.6 is 0 Å². The highest BCUT2D eigenvalue weighted by Crippen LogP contribution is 1.84. The molecule has 0 saturated heterocycles. The summed E-state index contributed by atoms with van der Waals surface area (Å²) in [4.78, 5) is 10.5. The van der Waals surface area contributed by atoms with Crippen molar-refractivity contribution in [2.75, 3.05) is 13.2 Å². The molecule has 0 saturated carbocycles. The van der Waals surface area contributed by atoms with Crippen LogP contribution in [0.1, 0.15) is 13.3 Å². The minimum Gasteiger partial charge on any atom is -0.461 e. The molecule has 0 heterocycles. The molecule has 3 heteroatoms. The molecule has 0 unspecified atom stereocenters. The molecule has 0 aromatic heterocycles. The van der Waals surface area contributed by atoms with Crippen molar-refractivity contribution < 1.29 is 14.6 Å². The lowest BCUT2D eigenvalue weighted by Crippen LogP contribution is -2.05. The lowest BCUT2D eigenvalue weighted by molar-refractivity contribution is -0.143. The predicted molar refractivity (Wildman–Crippen MR) is 37.5 cm³/mol. The largest absolute Gasteiger partial charge is 0.461 e. The van der Waals surface area contributed by atoms with Gasteiger partial charge in [0.25, 0.3) is 0 Å². The molecule has 0 rings (SSSR count). The first-order valence-electron chi connectivity index (χ1n) is 3.19. The van der Waals surface area contributed by atoms with E-state index in [0.29, 0.717) is 6.61 Å². The number of hydrogen-bond acceptors (Lipinski definition) is 3. The van der Waals surface area contributed by atoms with Crippen molar-refractivity contribution in [3.8, 4) is 0 Å². The minimum absolute atomic E-state index is 0.0809. The molecule has 0 bridgehead atoms. The zero-order valence-electron chi connectivity index (χ0n) is 6.04. The molecule has 0 aliphatic heterocycles. The number of rotatable bonds is 4. The maximum absolute atomic E-state index is 10.5. The van der Waals surface area contributed by atoms with Crippen LogP contribution in [0.15, 0.2) is 12.2 Å². The van der Waals surface area contributed by atoms with Gasteiger partial charge in [0.05, 0.1) is 13.0 Å². The molecule has 1 N–H and O–H groups in total. The van der Waals surface area contributed by atoms with Crippen LogP contribution in [0.3, 0.4) is 0 Å². The second-order valence-corrected chi connectivity index (χ2v) is 1.73. The fourth-order valence-electron chi connectivity index (χ4n) is 0.401. The average Bonchev–Trinajstić information content (AvgIpc) is 1.89. The Kier molecular flexibility index (Phi) is 5.77. The Labute approximate surface area is 60.3 Å². The highest BCUT2D eigenvalue weighted by Gasteiger charge is 1.97. The van der Waals surface area contributed by atoms with E-state index in [1.54, 1.807) is 12.2 Å². The Bertz CT molecular complexity index is 118. The second-order valence-electron chi connectivity index (χ2n) is 1.73. The van der Waals surface area contributed by atoms with Crippen molar-refractivity contribution in [3.63, 3.8) is 0 Å². The molecule has 3 nitrogen and oxygen atoms in total. The Morgan fingerprint density at radius 3 is 2.90 bits per heavy atom. The SMILES string of the molecule is CC=CCOC(=O)CCO. The molecule has 0 atom stereocenters. The van der Waals surface area contributed by atoms with Gasteiger partial charge in [-0.05, 0) is 6.92 Å². The van der Waals surface area contributed by atoms with Crippen molar-refractivity contribution in [1.29, 1.82) is 0 Å². The van der Waals surface area contributed by atoms with Crippen LogP contribution < -0.4 is 0 Å². The highest BCUT2D eigenvalue weighted by atomic mass is 16.5. The molecule has 0 radical (unpaired) electrons. The van der Waals surface area contributed by atoms with Gasteiger partial charge in [-0.1, -0.05) is 12.2 Å². The molecule has 0 aromatic carbocycles. The summed E-state index contributed by atoms with van der Waals surface area (Å²) in [7, 11) is 0. The molecule has 0 amide bonds. The Hall–Kier alpha value is -0.830. The third-order valence-electron chi connectivity index (χ3n) is 0.892. The molecule has 0 aliphatic carbocycles. The molecule has 0 spiro atoms. The summed E-state index contributed by atoms with van der Waals surface area (Å²) in [6.07, 6.45) is 3.61. The van der Waals surface area contributed by atoms with E-state index in [2.05, 4.69) is 4.74 Å². The zero-order valence-corrected chi connectivity index (χ0v) is 6.04. The summed E-state index contributed by atoms with van der Waals surface area (Å²) in [5, 5.41) is 8.27. The van der Waals surface area contributed by atoms with Gasteiger partial charge >= 0.3 is 5.97 Å². The first-order valence-corrected chi connectivity index (χ1v) is 3.19. The first kappa shape index (κ1) is 9.17. The normalized spacial score (nSPS) is 10.2. The second kappa shape index (κ2) is 6.29. The van der Waals surface area contributed by atoms with Crippen LogP contribution in [0, 0.1) is 0 Å². The van der Waals surface area contributed by atoms with Crippen LogP contribution in [0.4, 0.5) is 0 Å². The molecule has 58 valence electrons. The predicted octanol–water partition coefficient (Wildman–Crippen LogP) is 0.488. The number of carbonyl (C=O) groups excluding carboxylic acids is 1. The summed E-state index contributed by atoms with van der Waals surface area (Å²) >= 11 is 0. The first-order chi connectivity index (χ1) is 4.81. The van der Waals surface area contributed by atoms with Gasteiger partial charge in [0, 0.05) is 0 Å². The van der Waals surface area contributed by atoms with Gasteiger partial charge in [-0.15, -0.1) is 0 Å². The number of hydrogen-bond donors (Lipinski definition) is 1. The fraction of sp³-hybridized carbons (Fsp3) is 0.571. The molecule has 0 fully saturated rings. The summed E-state index contributed by atoms with van der Waals surface area (Å²) in [5.41, 5.74) is 0. The Morgan fingerprint density at radius 2 is 2.40 bits per heavy atom. The van der Waals surface area contributed by atoms with E-state index in [9.17, 15) is 4.79 Å². The lowest BCUT2D eigenvalue weighted by Gasteiger charge is -1.97. The monoisotopic (exact) mass is 144 g/mol. The summed E-state index contributed by atoms with van der Waals surface area (Å²) in [5.74, 6) is -0.361. The highest BCUT2D eigenvalue weighted by molar-refractivity contribution is 5.69. The van der Waals surface area contributed by atoms with E-state index in [-0.39, 0.29) is 19.0 Å². The molecule has 0 aliphatic rings. The average molecular weight is 144 g/mol. The van der Waals surface area contributed by atoms with E-state index in [0.717, 1.165) is 0 Å². The van der Waals surface area contributed by atoms with Crippen molar-refractivity contribution in [1.82, 2.24) is 0 Å². The molecule has 10 heavy (non-hydrogen) atoms. The van der Waals surface area contributed by atoms with Gasteiger partial charge in [0.1, 0.15) is 6.61 Å². The maximum Gasteiger partial charge on any atom is 0.308 e. The van der Waals surface area contributed by atoms with Crippen molar-refractivity contribution in [2.24, 2.45) is 0 Å². The van der Waals surface area contributed by atoms with E-state index in [1.165, 1.54) is 0 Å². The molecule has 0 aromatic rings. The van der Waals surface area contributed by atoms with Gasteiger partial charge < -0.3 is 9.84 Å². The topological polar surface area (TPSA) is 46.5 Å². The maximum atomic E-state index is 10.5. The number of aliphatic hydroxyl groups excluding tert-OH is 1. The van der Waals surface area contributed by atoms with E-state index >= 15 is 0 Å². The van der Waals surface area contributed by atoms with E-state index in [4.69, 9.17) is 5.11 Å². The Morgan fingerprint density at radius 1 is 1.70 bits per heavy atom. The van der Waals surface area contributed by atoms with Gasteiger partial charge in [0.2, 0.25) is 0 Å². The van der Waals surface area contributed by atoms with Crippen LogP contribution in [0.2, 0.25) is 0 Å². The van der Waals surface area contributed by atoms with Gasteiger partial charge in [0.15, 0.2) is 0 Å². The van der Waals surface area contributed by atoms with Crippen LogP contribution in [0.25, 0.3) is 0 Å². The van der Waals surface area contributed by atoms with E-state index in [1.807, 2.05) is 6.92 Å².